The van der Waals surface area contributed by atoms with Gasteiger partial charge in [0, 0.05) is 13.1 Å². The van der Waals surface area contributed by atoms with Crippen molar-refractivity contribution in [1.29, 1.82) is 0 Å². The van der Waals surface area contributed by atoms with Crippen LogP contribution in [0, 0.1) is 0 Å². The van der Waals surface area contributed by atoms with Crippen LogP contribution in [0.25, 0.3) is 0 Å². The van der Waals surface area contributed by atoms with E-state index in [1.807, 2.05) is 0 Å². The van der Waals surface area contributed by atoms with Crippen molar-refractivity contribution in [3.8, 4) is 0 Å². The van der Waals surface area contributed by atoms with Gasteiger partial charge in [-0.3, -0.25) is 0 Å². The summed E-state index contributed by atoms with van der Waals surface area (Å²) < 4.78 is 0. The molecule has 0 radical (unpaired) electrons. The van der Waals surface area contributed by atoms with Crippen LogP contribution in [0.2, 0.25) is 0 Å². The van der Waals surface area contributed by atoms with E-state index in [9.17, 15) is 0 Å². The Kier molecular flexibility index (Phi) is 2.16. The lowest BCUT2D eigenvalue weighted by molar-refractivity contribution is 0.0572. The molecule has 1 saturated heterocycles. The summed E-state index contributed by atoms with van der Waals surface area (Å²) in [7, 11) is 0. The van der Waals surface area contributed by atoms with Crippen molar-refractivity contribution in [3.05, 3.63) is 0 Å². The molecule has 0 aromatic rings. The lowest BCUT2D eigenvalue weighted by Gasteiger charge is -2.13. The van der Waals surface area contributed by atoms with Gasteiger partial charge in [0.05, 0.1) is 12.2 Å². The van der Waals surface area contributed by atoms with E-state index >= 15 is 0 Å². The molecule has 64 valence electrons. The van der Waals surface area contributed by atoms with Crippen molar-refractivity contribution in [3.63, 3.8) is 0 Å². The van der Waals surface area contributed by atoms with Crippen molar-refractivity contribution < 1.29 is 15.4 Å². The smallest absolute Gasteiger partial charge is 0.233 e. The molecule has 6 heteroatoms. The minimum Gasteiger partial charge on any atom is -0.408 e. The SMILES string of the molecule is NC(=NO)N1CC(O)C(O)C1. The molecule has 1 heterocycles. The van der Waals surface area contributed by atoms with Crippen LogP contribution in [0.1, 0.15) is 0 Å². The molecular weight excluding hydrogens is 150 g/mol. The fourth-order valence-electron chi connectivity index (χ4n) is 1.02. The van der Waals surface area contributed by atoms with Gasteiger partial charge in [-0.2, -0.15) is 0 Å². The molecule has 0 aromatic carbocycles. The summed E-state index contributed by atoms with van der Waals surface area (Å²) in [5.74, 6) is -0.0828. The predicted molar refractivity (Wildman–Crippen MR) is 37.0 cm³/mol. The van der Waals surface area contributed by atoms with Gasteiger partial charge in [0.25, 0.3) is 0 Å². The first-order chi connectivity index (χ1) is 5.15. The third-order valence-corrected chi connectivity index (χ3v) is 1.69. The Morgan fingerprint density at radius 3 is 2.18 bits per heavy atom. The Morgan fingerprint density at radius 2 is 1.82 bits per heavy atom. The number of oxime groups is 1. The summed E-state index contributed by atoms with van der Waals surface area (Å²) in [6.45, 7) is 0.411. The van der Waals surface area contributed by atoms with Crippen LogP contribution >= 0.6 is 0 Å². The van der Waals surface area contributed by atoms with Crippen molar-refractivity contribution in [2.45, 2.75) is 12.2 Å². The molecule has 2 atom stereocenters. The second-order valence-corrected chi connectivity index (χ2v) is 2.50. The molecular formula is C5H11N3O3. The highest BCUT2D eigenvalue weighted by molar-refractivity contribution is 5.77. The Labute approximate surface area is 63.5 Å². The maximum absolute atomic E-state index is 9.03. The van der Waals surface area contributed by atoms with Crippen LogP contribution in [0.5, 0.6) is 0 Å². The number of aliphatic hydroxyl groups is 2. The van der Waals surface area contributed by atoms with Crippen LogP contribution in [-0.4, -0.2) is 51.6 Å². The van der Waals surface area contributed by atoms with E-state index in [1.54, 1.807) is 0 Å². The van der Waals surface area contributed by atoms with E-state index in [0.717, 1.165) is 0 Å². The van der Waals surface area contributed by atoms with Crippen molar-refractivity contribution in [2.24, 2.45) is 10.9 Å². The number of aliphatic hydroxyl groups excluding tert-OH is 2. The van der Waals surface area contributed by atoms with Crippen LogP contribution in [-0.2, 0) is 0 Å². The molecule has 0 bridgehead atoms. The number of nitrogens with zero attached hydrogens (tertiary/aromatic N) is 2. The number of guanidine groups is 1. The first-order valence-electron chi connectivity index (χ1n) is 3.23. The number of nitrogens with two attached hydrogens (primary N) is 1. The Balaban J connectivity index is 2.53. The molecule has 1 rings (SSSR count). The van der Waals surface area contributed by atoms with Crippen LogP contribution in [0.3, 0.4) is 0 Å². The van der Waals surface area contributed by atoms with Gasteiger partial charge in [0.15, 0.2) is 0 Å². The van der Waals surface area contributed by atoms with Gasteiger partial charge in [-0.1, -0.05) is 5.16 Å². The molecule has 1 aliphatic rings. The average Bonchev–Trinajstić information content (AvgIpc) is 2.31. The van der Waals surface area contributed by atoms with E-state index in [0.29, 0.717) is 0 Å². The summed E-state index contributed by atoms with van der Waals surface area (Å²) >= 11 is 0. The third kappa shape index (κ3) is 1.52. The van der Waals surface area contributed by atoms with E-state index in [4.69, 9.17) is 21.2 Å². The molecule has 6 nitrogen and oxygen atoms in total. The van der Waals surface area contributed by atoms with E-state index in [1.165, 1.54) is 4.90 Å². The summed E-state index contributed by atoms with van der Waals surface area (Å²) in [5, 5.41) is 29.0. The zero-order valence-corrected chi connectivity index (χ0v) is 5.88. The standard InChI is InChI=1S/C5H11N3O3/c6-5(7-11)8-1-3(9)4(10)2-8/h3-4,9-11H,1-2H2,(H2,6,7). The van der Waals surface area contributed by atoms with Gasteiger partial charge >= 0.3 is 0 Å². The molecule has 0 spiro atoms. The summed E-state index contributed by atoms with van der Waals surface area (Å²) in [4.78, 5) is 1.40. The van der Waals surface area contributed by atoms with Gasteiger partial charge in [-0.05, 0) is 0 Å². The lowest BCUT2D eigenvalue weighted by Crippen LogP contribution is -2.36. The number of hydrogen-bond acceptors (Lipinski definition) is 4. The average molecular weight is 161 g/mol. The minimum atomic E-state index is -0.810. The highest BCUT2D eigenvalue weighted by Gasteiger charge is 2.30. The maximum Gasteiger partial charge on any atom is 0.233 e. The molecule has 1 fully saturated rings. The van der Waals surface area contributed by atoms with E-state index < -0.39 is 12.2 Å². The van der Waals surface area contributed by atoms with E-state index in [2.05, 4.69) is 5.16 Å². The fourth-order valence-corrected chi connectivity index (χ4v) is 1.02. The second kappa shape index (κ2) is 2.93. The second-order valence-electron chi connectivity index (χ2n) is 2.50. The van der Waals surface area contributed by atoms with Gasteiger partial charge in [-0.25, -0.2) is 0 Å². The van der Waals surface area contributed by atoms with Crippen molar-refractivity contribution in [1.82, 2.24) is 4.90 Å². The van der Waals surface area contributed by atoms with Gasteiger partial charge in [-0.15, -0.1) is 0 Å². The molecule has 0 amide bonds. The summed E-state index contributed by atoms with van der Waals surface area (Å²) in [6, 6.07) is 0. The first-order valence-corrected chi connectivity index (χ1v) is 3.23. The topological polar surface area (TPSA) is 102 Å². The Bertz CT molecular complexity index is 162. The van der Waals surface area contributed by atoms with Gasteiger partial charge in [0.1, 0.15) is 0 Å². The molecule has 0 saturated carbocycles. The Hall–Kier alpha value is -1.01. The fraction of sp³-hybridized carbons (Fsp3) is 0.800. The van der Waals surface area contributed by atoms with Crippen LogP contribution < -0.4 is 5.73 Å². The summed E-state index contributed by atoms with van der Waals surface area (Å²) in [6.07, 6.45) is -1.62. The molecule has 11 heavy (non-hydrogen) atoms. The normalized spacial score (nSPS) is 32.9. The maximum atomic E-state index is 9.03. The largest absolute Gasteiger partial charge is 0.408 e. The number of likely N-dealkylation sites (tertiary alicyclic amines) is 1. The number of hydrogen-bond donors (Lipinski definition) is 4. The highest BCUT2D eigenvalue weighted by Crippen LogP contribution is 2.08. The molecule has 0 aliphatic carbocycles. The van der Waals surface area contributed by atoms with Gasteiger partial charge in [0.2, 0.25) is 5.96 Å². The van der Waals surface area contributed by atoms with Crippen molar-refractivity contribution in [2.75, 3.05) is 13.1 Å². The van der Waals surface area contributed by atoms with Crippen molar-refractivity contribution >= 4 is 5.96 Å². The van der Waals surface area contributed by atoms with Crippen LogP contribution in [0.4, 0.5) is 0 Å². The van der Waals surface area contributed by atoms with E-state index in [-0.39, 0.29) is 19.0 Å². The zero-order valence-electron chi connectivity index (χ0n) is 5.88. The van der Waals surface area contributed by atoms with Gasteiger partial charge < -0.3 is 26.1 Å². The number of rotatable bonds is 0. The zero-order chi connectivity index (χ0) is 8.43. The quantitative estimate of drug-likeness (QED) is 0.139. The van der Waals surface area contributed by atoms with Crippen LogP contribution in [0.15, 0.2) is 5.16 Å². The Morgan fingerprint density at radius 1 is 1.36 bits per heavy atom. The molecule has 0 aromatic heterocycles. The molecule has 2 unspecified atom stereocenters. The molecule has 5 N–H and O–H groups in total. The predicted octanol–water partition coefficient (Wildman–Crippen LogP) is -2.27. The monoisotopic (exact) mass is 161 g/mol. The first kappa shape index (κ1) is 8.09. The highest BCUT2D eigenvalue weighted by atomic mass is 16.4. The minimum absolute atomic E-state index is 0.0828. The third-order valence-electron chi connectivity index (χ3n) is 1.69. The summed E-state index contributed by atoms with van der Waals surface area (Å²) in [5.41, 5.74) is 5.21. The number of β-amino-alcohol motifs (C(OH)–C–C–N with tert-alkyl or cyclic N) is 2. The molecule has 1 aliphatic heterocycles. The lowest BCUT2D eigenvalue weighted by atomic mass is 10.3.